The summed E-state index contributed by atoms with van der Waals surface area (Å²) in [4.78, 5) is 18.0. The first kappa shape index (κ1) is 12.7. The number of pyridine rings is 2. The van der Waals surface area contributed by atoms with Crippen LogP contribution in [0.1, 0.15) is 0 Å². The first-order valence-corrected chi connectivity index (χ1v) is 5.88. The van der Waals surface area contributed by atoms with Crippen LogP contribution in [-0.4, -0.2) is 14.9 Å². The first-order chi connectivity index (χ1) is 8.50. The van der Waals surface area contributed by atoms with Crippen LogP contribution in [0.15, 0.2) is 29.0 Å². The van der Waals surface area contributed by atoms with Crippen LogP contribution in [0, 0.1) is 10.1 Å². The fraction of sp³-hybridized carbons (Fsp3) is 0. The number of nitro groups is 1. The monoisotopic (exact) mass is 328 g/mol. The van der Waals surface area contributed by atoms with Gasteiger partial charge in [-0.3, -0.25) is 15.1 Å². The lowest BCUT2D eigenvalue weighted by molar-refractivity contribution is -0.384. The maximum atomic E-state index is 10.7. The summed E-state index contributed by atoms with van der Waals surface area (Å²) in [7, 11) is 0. The molecular formula is C10H6BrClN4O2. The number of aromatic nitrogens is 2. The van der Waals surface area contributed by atoms with E-state index in [0.29, 0.717) is 20.8 Å². The Hall–Kier alpha value is -1.73. The lowest BCUT2D eigenvalue weighted by Gasteiger charge is -2.06. The minimum Gasteiger partial charge on any atom is -0.378 e. The van der Waals surface area contributed by atoms with Crippen molar-refractivity contribution in [1.82, 2.24) is 9.97 Å². The quantitative estimate of drug-likeness (QED) is 0.675. The molecule has 8 heteroatoms. The van der Waals surface area contributed by atoms with Gasteiger partial charge in [-0.1, -0.05) is 11.6 Å². The molecule has 0 unspecified atom stereocenters. The van der Waals surface area contributed by atoms with Crippen LogP contribution in [0.4, 0.5) is 11.5 Å². The summed E-state index contributed by atoms with van der Waals surface area (Å²) in [6.45, 7) is 0. The average molecular weight is 330 g/mol. The minimum absolute atomic E-state index is 0.161. The first-order valence-electron chi connectivity index (χ1n) is 4.71. The van der Waals surface area contributed by atoms with Gasteiger partial charge in [0.05, 0.1) is 20.1 Å². The second-order valence-corrected chi connectivity index (χ2v) is 4.60. The molecule has 0 bridgehead atoms. The molecule has 0 amide bonds. The van der Waals surface area contributed by atoms with Gasteiger partial charge in [-0.25, -0.2) is 4.98 Å². The van der Waals surface area contributed by atoms with Crippen molar-refractivity contribution >= 4 is 39.0 Å². The van der Waals surface area contributed by atoms with Crippen molar-refractivity contribution in [2.45, 2.75) is 0 Å². The molecule has 92 valence electrons. The fourth-order valence-corrected chi connectivity index (χ4v) is 2.12. The van der Waals surface area contributed by atoms with E-state index in [2.05, 4.69) is 25.9 Å². The van der Waals surface area contributed by atoms with Gasteiger partial charge in [0.25, 0.3) is 0 Å². The number of nitrogen functional groups attached to an aromatic ring is 1. The molecule has 0 aliphatic carbocycles. The maximum absolute atomic E-state index is 10.7. The van der Waals surface area contributed by atoms with Gasteiger partial charge in [0.15, 0.2) is 0 Å². The lowest BCUT2D eigenvalue weighted by Crippen LogP contribution is -2.00. The topological polar surface area (TPSA) is 94.9 Å². The van der Waals surface area contributed by atoms with Crippen molar-refractivity contribution in [2.75, 3.05) is 5.73 Å². The molecule has 0 aliphatic rings. The maximum Gasteiger partial charge on any atom is 0.312 e. The zero-order chi connectivity index (χ0) is 13.3. The number of rotatable bonds is 2. The number of nitrogens with zero attached hydrogens (tertiary/aromatic N) is 3. The zero-order valence-electron chi connectivity index (χ0n) is 8.80. The molecule has 2 rings (SSSR count). The summed E-state index contributed by atoms with van der Waals surface area (Å²) in [6, 6.07) is 2.95. The van der Waals surface area contributed by atoms with Crippen LogP contribution < -0.4 is 5.73 Å². The van der Waals surface area contributed by atoms with Crippen LogP contribution in [0.5, 0.6) is 0 Å². The van der Waals surface area contributed by atoms with Crippen molar-refractivity contribution in [2.24, 2.45) is 0 Å². The summed E-state index contributed by atoms with van der Waals surface area (Å²) in [5.74, 6) is -0.161. The largest absolute Gasteiger partial charge is 0.378 e. The molecule has 0 saturated heterocycles. The standard InChI is InChI=1S/C10H6BrClN4O2/c11-6-3-8(16(17)18)10(13)15-9(6)5-1-2-14-4-7(5)12/h1-4H,(H2,13,15). The Labute approximate surface area is 115 Å². The molecule has 18 heavy (non-hydrogen) atoms. The van der Waals surface area contributed by atoms with E-state index >= 15 is 0 Å². The Balaban J connectivity index is 2.64. The number of hydrogen-bond donors (Lipinski definition) is 1. The summed E-state index contributed by atoms with van der Waals surface area (Å²) < 4.78 is 0.441. The van der Waals surface area contributed by atoms with E-state index in [0.717, 1.165) is 0 Å². The summed E-state index contributed by atoms with van der Waals surface area (Å²) >= 11 is 9.21. The van der Waals surface area contributed by atoms with Gasteiger partial charge in [-0.05, 0) is 22.0 Å². The highest BCUT2D eigenvalue weighted by Crippen LogP contribution is 2.35. The molecule has 0 aromatic carbocycles. The zero-order valence-corrected chi connectivity index (χ0v) is 11.1. The number of nitrogens with two attached hydrogens (primary N) is 1. The molecule has 0 spiro atoms. The van der Waals surface area contributed by atoms with E-state index in [1.807, 2.05) is 0 Å². The van der Waals surface area contributed by atoms with Gasteiger partial charge < -0.3 is 5.73 Å². The van der Waals surface area contributed by atoms with E-state index in [4.69, 9.17) is 17.3 Å². The summed E-state index contributed by atoms with van der Waals surface area (Å²) in [6.07, 6.45) is 3.01. The molecule has 0 saturated carbocycles. The molecule has 2 aromatic heterocycles. The van der Waals surface area contributed by atoms with Crippen LogP contribution >= 0.6 is 27.5 Å². The lowest BCUT2D eigenvalue weighted by atomic mass is 10.1. The van der Waals surface area contributed by atoms with Crippen LogP contribution in [-0.2, 0) is 0 Å². The van der Waals surface area contributed by atoms with Crippen LogP contribution in [0.25, 0.3) is 11.3 Å². The number of anilines is 1. The van der Waals surface area contributed by atoms with Crippen molar-refractivity contribution < 1.29 is 4.92 Å². The smallest absolute Gasteiger partial charge is 0.312 e. The minimum atomic E-state index is -0.592. The molecule has 0 fully saturated rings. The SMILES string of the molecule is Nc1nc(-c2ccncc2Cl)c(Br)cc1[N+](=O)[O-]. The van der Waals surface area contributed by atoms with Gasteiger partial charge in [-0.15, -0.1) is 0 Å². The fourth-order valence-electron chi connectivity index (χ4n) is 1.40. The van der Waals surface area contributed by atoms with Crippen molar-refractivity contribution in [3.05, 3.63) is 44.1 Å². The van der Waals surface area contributed by atoms with Gasteiger partial charge >= 0.3 is 5.69 Å². The second-order valence-electron chi connectivity index (χ2n) is 3.34. The van der Waals surface area contributed by atoms with Gasteiger partial charge in [-0.2, -0.15) is 0 Å². The number of hydrogen-bond acceptors (Lipinski definition) is 5. The Morgan fingerprint density at radius 2 is 2.22 bits per heavy atom. The highest BCUT2D eigenvalue weighted by atomic mass is 79.9. The summed E-state index contributed by atoms with van der Waals surface area (Å²) in [5.41, 5.74) is 6.33. The Kier molecular flexibility index (Phi) is 3.44. The predicted octanol–water partition coefficient (Wildman–Crippen LogP) is 3.05. The highest BCUT2D eigenvalue weighted by molar-refractivity contribution is 9.10. The van der Waals surface area contributed by atoms with E-state index in [-0.39, 0.29) is 11.5 Å². The predicted molar refractivity (Wildman–Crippen MR) is 71.2 cm³/mol. The van der Waals surface area contributed by atoms with Crippen molar-refractivity contribution in [1.29, 1.82) is 0 Å². The molecule has 6 nitrogen and oxygen atoms in total. The van der Waals surface area contributed by atoms with E-state index in [1.165, 1.54) is 12.3 Å². The Bertz CT molecular complexity index is 635. The van der Waals surface area contributed by atoms with E-state index < -0.39 is 4.92 Å². The molecule has 2 N–H and O–H groups in total. The molecule has 2 heterocycles. The summed E-state index contributed by atoms with van der Waals surface area (Å²) in [5, 5.41) is 11.1. The van der Waals surface area contributed by atoms with Crippen molar-refractivity contribution in [3.63, 3.8) is 0 Å². The third-order valence-electron chi connectivity index (χ3n) is 2.21. The molecule has 0 aliphatic heterocycles. The molecule has 2 aromatic rings. The van der Waals surface area contributed by atoms with E-state index in [1.54, 1.807) is 12.3 Å². The Morgan fingerprint density at radius 3 is 2.83 bits per heavy atom. The van der Waals surface area contributed by atoms with Gasteiger partial charge in [0.2, 0.25) is 5.82 Å². The van der Waals surface area contributed by atoms with E-state index in [9.17, 15) is 10.1 Å². The molecular weight excluding hydrogens is 323 g/mol. The van der Waals surface area contributed by atoms with Crippen molar-refractivity contribution in [3.8, 4) is 11.3 Å². The third kappa shape index (κ3) is 2.27. The third-order valence-corrected chi connectivity index (χ3v) is 3.11. The normalized spacial score (nSPS) is 10.3. The Morgan fingerprint density at radius 1 is 1.50 bits per heavy atom. The molecule has 0 atom stereocenters. The second kappa shape index (κ2) is 4.87. The average Bonchev–Trinajstić information content (AvgIpc) is 2.32. The van der Waals surface area contributed by atoms with Gasteiger partial charge in [0, 0.05) is 24.0 Å². The highest BCUT2D eigenvalue weighted by Gasteiger charge is 2.18. The number of halogens is 2. The van der Waals surface area contributed by atoms with Gasteiger partial charge in [0.1, 0.15) is 0 Å². The van der Waals surface area contributed by atoms with Crippen LogP contribution in [0.3, 0.4) is 0 Å². The van der Waals surface area contributed by atoms with Crippen LogP contribution in [0.2, 0.25) is 5.02 Å². The molecule has 0 radical (unpaired) electrons.